The van der Waals surface area contributed by atoms with Crippen molar-refractivity contribution in [1.29, 1.82) is 0 Å². The number of rotatable bonds is 8. The molecular formula is C23H32N2O2. The second-order valence-corrected chi connectivity index (χ2v) is 7.38. The van der Waals surface area contributed by atoms with Crippen LogP contribution in [-0.4, -0.2) is 60.3 Å². The molecule has 0 saturated carbocycles. The highest BCUT2D eigenvalue weighted by atomic mass is 16.5. The highest BCUT2D eigenvalue weighted by Crippen LogP contribution is 2.13. The van der Waals surface area contributed by atoms with E-state index >= 15 is 0 Å². The van der Waals surface area contributed by atoms with Gasteiger partial charge in [-0.1, -0.05) is 49.4 Å². The summed E-state index contributed by atoms with van der Waals surface area (Å²) in [5.41, 5.74) is 2.67. The number of ether oxygens (including phenoxy) is 1. The molecule has 1 N–H and O–H groups in total. The first-order valence-electron chi connectivity index (χ1n) is 10.1. The summed E-state index contributed by atoms with van der Waals surface area (Å²) in [6, 6.07) is 18.8. The smallest absolute Gasteiger partial charge is 0.119 e. The summed E-state index contributed by atoms with van der Waals surface area (Å²) < 4.78 is 5.75. The van der Waals surface area contributed by atoms with Crippen molar-refractivity contribution in [1.82, 2.24) is 9.80 Å². The fourth-order valence-corrected chi connectivity index (χ4v) is 3.57. The summed E-state index contributed by atoms with van der Waals surface area (Å²) in [7, 11) is 0. The van der Waals surface area contributed by atoms with Gasteiger partial charge in [0.2, 0.25) is 0 Å². The molecule has 0 amide bonds. The lowest BCUT2D eigenvalue weighted by molar-refractivity contribution is 0.0693. The Hall–Kier alpha value is -1.88. The number of hydrogen-bond acceptors (Lipinski definition) is 4. The Kier molecular flexibility index (Phi) is 7.69. The molecule has 0 radical (unpaired) electrons. The van der Waals surface area contributed by atoms with Gasteiger partial charge in [-0.05, 0) is 49.2 Å². The predicted molar refractivity (Wildman–Crippen MR) is 110 cm³/mol. The van der Waals surface area contributed by atoms with E-state index in [-0.39, 0.29) is 0 Å². The van der Waals surface area contributed by atoms with Gasteiger partial charge in [0.25, 0.3) is 0 Å². The van der Waals surface area contributed by atoms with Gasteiger partial charge in [-0.15, -0.1) is 0 Å². The maximum absolute atomic E-state index is 10.4. The van der Waals surface area contributed by atoms with Gasteiger partial charge in [0, 0.05) is 26.2 Å². The van der Waals surface area contributed by atoms with Gasteiger partial charge in [-0.3, -0.25) is 9.80 Å². The number of hydrogen-bond donors (Lipinski definition) is 1. The number of aliphatic hydroxyl groups excluding tert-OH is 1. The zero-order valence-corrected chi connectivity index (χ0v) is 16.4. The van der Waals surface area contributed by atoms with Gasteiger partial charge in [0.15, 0.2) is 0 Å². The monoisotopic (exact) mass is 368 g/mol. The lowest BCUT2D eigenvalue weighted by Crippen LogP contribution is -2.38. The van der Waals surface area contributed by atoms with Crippen molar-refractivity contribution in [3.63, 3.8) is 0 Å². The molecule has 1 atom stereocenters. The molecule has 1 unspecified atom stereocenters. The Balaban J connectivity index is 1.39. The minimum Gasteiger partial charge on any atom is -0.491 e. The van der Waals surface area contributed by atoms with Crippen molar-refractivity contribution in [2.45, 2.75) is 32.4 Å². The Morgan fingerprint density at radius 3 is 2.33 bits per heavy atom. The number of aryl methyl sites for hydroxylation is 1. The second-order valence-electron chi connectivity index (χ2n) is 7.38. The molecule has 4 heteroatoms. The SMILES string of the molecule is CCc1ccc(OCC(O)CN2CCCN(Cc3ccccc3)CC2)cc1. The second kappa shape index (κ2) is 10.5. The summed E-state index contributed by atoms with van der Waals surface area (Å²) in [6.45, 7) is 8.35. The topological polar surface area (TPSA) is 35.9 Å². The molecule has 1 saturated heterocycles. The third-order valence-corrected chi connectivity index (χ3v) is 5.17. The van der Waals surface area contributed by atoms with Crippen molar-refractivity contribution in [3.05, 3.63) is 65.7 Å². The minimum absolute atomic E-state index is 0.343. The molecule has 0 aliphatic carbocycles. The third-order valence-electron chi connectivity index (χ3n) is 5.17. The molecule has 1 heterocycles. The highest BCUT2D eigenvalue weighted by molar-refractivity contribution is 5.27. The lowest BCUT2D eigenvalue weighted by Gasteiger charge is -2.24. The van der Waals surface area contributed by atoms with Gasteiger partial charge >= 0.3 is 0 Å². The fraction of sp³-hybridized carbons (Fsp3) is 0.478. The van der Waals surface area contributed by atoms with Gasteiger partial charge in [-0.25, -0.2) is 0 Å². The van der Waals surface area contributed by atoms with Crippen LogP contribution < -0.4 is 4.74 Å². The zero-order chi connectivity index (χ0) is 18.9. The average molecular weight is 369 g/mol. The Morgan fingerprint density at radius 1 is 0.889 bits per heavy atom. The quantitative estimate of drug-likeness (QED) is 0.776. The molecule has 3 rings (SSSR count). The molecule has 2 aromatic carbocycles. The Morgan fingerprint density at radius 2 is 1.59 bits per heavy atom. The van der Waals surface area contributed by atoms with Crippen LogP contribution in [-0.2, 0) is 13.0 Å². The van der Waals surface area contributed by atoms with Crippen LogP contribution in [0.5, 0.6) is 5.75 Å². The summed E-state index contributed by atoms with van der Waals surface area (Å²) in [5, 5.41) is 10.4. The van der Waals surface area contributed by atoms with Crippen LogP contribution in [0.2, 0.25) is 0 Å². The van der Waals surface area contributed by atoms with Crippen LogP contribution in [0.4, 0.5) is 0 Å². The summed E-state index contributed by atoms with van der Waals surface area (Å²) in [6.07, 6.45) is 1.70. The molecule has 4 nitrogen and oxygen atoms in total. The van der Waals surface area contributed by atoms with Crippen molar-refractivity contribution in [2.24, 2.45) is 0 Å². The van der Waals surface area contributed by atoms with E-state index in [0.717, 1.165) is 51.3 Å². The van der Waals surface area contributed by atoms with Crippen molar-refractivity contribution < 1.29 is 9.84 Å². The minimum atomic E-state index is -0.462. The van der Waals surface area contributed by atoms with Gasteiger partial charge in [-0.2, -0.15) is 0 Å². The number of β-amino-alcohol motifs (C(OH)–C–C–N with tert-alkyl or cyclic N) is 1. The van der Waals surface area contributed by atoms with E-state index in [1.54, 1.807) is 0 Å². The van der Waals surface area contributed by atoms with E-state index in [2.05, 4.69) is 59.2 Å². The van der Waals surface area contributed by atoms with Gasteiger partial charge in [0.1, 0.15) is 18.5 Å². The van der Waals surface area contributed by atoms with Gasteiger partial charge in [0.05, 0.1) is 0 Å². The maximum Gasteiger partial charge on any atom is 0.119 e. The molecule has 146 valence electrons. The first-order valence-corrected chi connectivity index (χ1v) is 10.1. The van der Waals surface area contributed by atoms with Crippen LogP contribution in [0, 0.1) is 0 Å². The third kappa shape index (κ3) is 6.65. The predicted octanol–water partition coefficient (Wildman–Crippen LogP) is 3.20. The molecule has 27 heavy (non-hydrogen) atoms. The van der Waals surface area contributed by atoms with Crippen LogP contribution in [0.25, 0.3) is 0 Å². The number of benzene rings is 2. The number of nitrogens with zero attached hydrogens (tertiary/aromatic N) is 2. The molecular weight excluding hydrogens is 336 g/mol. The van der Waals surface area contributed by atoms with E-state index in [1.165, 1.54) is 11.1 Å². The number of aliphatic hydroxyl groups is 1. The Labute approximate surface area is 163 Å². The molecule has 0 spiro atoms. The van der Waals surface area contributed by atoms with Crippen LogP contribution in [0.3, 0.4) is 0 Å². The van der Waals surface area contributed by atoms with E-state index in [9.17, 15) is 5.11 Å². The maximum atomic E-state index is 10.4. The standard InChI is InChI=1S/C23H32N2O2/c1-2-20-9-11-23(12-10-20)27-19-22(26)18-25-14-6-13-24(15-16-25)17-21-7-4-3-5-8-21/h3-5,7-12,22,26H,2,6,13-19H2,1H3. The summed E-state index contributed by atoms with van der Waals surface area (Å²) in [5.74, 6) is 0.830. The average Bonchev–Trinajstić information content (AvgIpc) is 2.92. The molecule has 1 fully saturated rings. The van der Waals surface area contributed by atoms with E-state index in [4.69, 9.17) is 4.74 Å². The Bertz CT molecular complexity index is 660. The largest absolute Gasteiger partial charge is 0.491 e. The molecule has 1 aliphatic heterocycles. The fourth-order valence-electron chi connectivity index (χ4n) is 3.57. The van der Waals surface area contributed by atoms with E-state index < -0.39 is 6.10 Å². The van der Waals surface area contributed by atoms with Crippen LogP contribution in [0.15, 0.2) is 54.6 Å². The first-order chi connectivity index (χ1) is 13.2. The van der Waals surface area contributed by atoms with E-state index in [1.807, 2.05) is 12.1 Å². The normalized spacial score (nSPS) is 17.4. The highest BCUT2D eigenvalue weighted by Gasteiger charge is 2.18. The van der Waals surface area contributed by atoms with Crippen molar-refractivity contribution >= 4 is 0 Å². The first kappa shape index (κ1) is 19.9. The molecule has 0 aromatic heterocycles. The van der Waals surface area contributed by atoms with E-state index in [0.29, 0.717) is 13.2 Å². The van der Waals surface area contributed by atoms with Crippen LogP contribution in [0.1, 0.15) is 24.5 Å². The van der Waals surface area contributed by atoms with Crippen LogP contribution >= 0.6 is 0 Å². The summed E-state index contributed by atoms with van der Waals surface area (Å²) in [4.78, 5) is 4.87. The molecule has 0 bridgehead atoms. The van der Waals surface area contributed by atoms with Crippen molar-refractivity contribution in [3.8, 4) is 5.75 Å². The summed E-state index contributed by atoms with van der Waals surface area (Å²) >= 11 is 0. The molecule has 2 aromatic rings. The van der Waals surface area contributed by atoms with Gasteiger partial charge < -0.3 is 9.84 Å². The molecule has 1 aliphatic rings. The lowest BCUT2D eigenvalue weighted by atomic mass is 10.2. The zero-order valence-electron chi connectivity index (χ0n) is 16.4. The van der Waals surface area contributed by atoms with Crippen molar-refractivity contribution in [2.75, 3.05) is 39.3 Å².